The summed E-state index contributed by atoms with van der Waals surface area (Å²) in [4.78, 5) is 20.1. The van der Waals surface area contributed by atoms with Crippen LogP contribution in [-0.4, -0.2) is 0 Å². The van der Waals surface area contributed by atoms with E-state index >= 15 is 0 Å². The van der Waals surface area contributed by atoms with Crippen LogP contribution in [0.5, 0.6) is 0 Å². The van der Waals surface area contributed by atoms with Gasteiger partial charge in [0.2, 0.25) is 0 Å². The molecular weight excluding hydrogens is 395 g/mol. The standard InChI is InChI=1S/C7H9O4P.2Ag/c8-12(9,10)11-6-7-4-2-1-3-5-7;;/h1-5H,6H2,(H2,8,9,10);;/q;2*+1/p-2. The van der Waals surface area contributed by atoms with Gasteiger partial charge in [0.25, 0.3) is 0 Å². The van der Waals surface area contributed by atoms with Gasteiger partial charge < -0.3 is 18.9 Å². The molecule has 0 saturated carbocycles. The van der Waals surface area contributed by atoms with Crippen molar-refractivity contribution in [2.45, 2.75) is 6.61 Å². The van der Waals surface area contributed by atoms with Crippen molar-refractivity contribution >= 4 is 7.82 Å². The van der Waals surface area contributed by atoms with Gasteiger partial charge in [0, 0.05) is 0 Å². The summed E-state index contributed by atoms with van der Waals surface area (Å²) in [6, 6.07) is 8.61. The van der Waals surface area contributed by atoms with Crippen molar-refractivity contribution in [3.05, 3.63) is 35.9 Å². The second kappa shape index (κ2) is 8.02. The first kappa shape index (κ1) is 17.2. The van der Waals surface area contributed by atoms with Crippen molar-refractivity contribution < 1.29 is 63.6 Å². The molecule has 0 N–H and O–H groups in total. The Morgan fingerprint density at radius 1 is 1.14 bits per heavy atom. The van der Waals surface area contributed by atoms with Crippen LogP contribution in [0.4, 0.5) is 0 Å². The average molecular weight is 402 g/mol. The summed E-state index contributed by atoms with van der Waals surface area (Å²) in [5, 5.41) is 0. The van der Waals surface area contributed by atoms with Gasteiger partial charge in [-0.3, -0.25) is 0 Å². The summed E-state index contributed by atoms with van der Waals surface area (Å²) in [6.07, 6.45) is 0. The van der Waals surface area contributed by atoms with Gasteiger partial charge in [-0.05, 0) is 5.56 Å². The maximum atomic E-state index is 10.1. The summed E-state index contributed by atoms with van der Waals surface area (Å²) in [5.41, 5.74) is 0.657. The third-order valence-electron chi connectivity index (χ3n) is 1.23. The van der Waals surface area contributed by atoms with E-state index in [-0.39, 0.29) is 51.4 Å². The summed E-state index contributed by atoms with van der Waals surface area (Å²) < 4.78 is 14.1. The minimum absolute atomic E-state index is 0. The molecule has 0 saturated heterocycles. The monoisotopic (exact) mass is 400 g/mol. The largest absolute Gasteiger partial charge is 1.00 e. The molecule has 0 aliphatic rings. The van der Waals surface area contributed by atoms with Crippen LogP contribution in [0, 0.1) is 0 Å². The quantitative estimate of drug-likeness (QED) is 0.529. The summed E-state index contributed by atoms with van der Waals surface area (Å²) in [7, 11) is -4.83. The Kier molecular flexibility index (Phi) is 9.86. The zero-order chi connectivity index (χ0) is 9.03. The predicted molar refractivity (Wildman–Crippen MR) is 38.8 cm³/mol. The zero-order valence-corrected chi connectivity index (χ0v) is 10.6. The number of hydrogen-bond acceptors (Lipinski definition) is 4. The molecule has 1 aromatic carbocycles. The van der Waals surface area contributed by atoms with Crippen LogP contribution in [-0.2, 0) is 60.5 Å². The van der Waals surface area contributed by atoms with E-state index in [9.17, 15) is 14.4 Å². The van der Waals surface area contributed by atoms with Crippen LogP contribution in [0.1, 0.15) is 5.56 Å². The molecule has 14 heavy (non-hydrogen) atoms. The first-order valence-corrected chi connectivity index (χ1v) is 4.74. The van der Waals surface area contributed by atoms with Crippen LogP contribution < -0.4 is 9.79 Å². The molecule has 86 valence electrons. The average Bonchev–Trinajstić information content (AvgIpc) is 2.02. The number of benzene rings is 1. The van der Waals surface area contributed by atoms with E-state index in [1.165, 1.54) is 0 Å². The third kappa shape index (κ3) is 8.15. The number of phosphoric ester groups is 1. The number of phosphoric acid groups is 1. The molecule has 0 aromatic heterocycles. The van der Waals surface area contributed by atoms with Crippen LogP contribution in [0.3, 0.4) is 0 Å². The van der Waals surface area contributed by atoms with Crippen molar-refractivity contribution in [2.24, 2.45) is 0 Å². The third-order valence-corrected chi connectivity index (χ3v) is 1.68. The molecule has 0 amide bonds. The molecule has 0 radical (unpaired) electrons. The first-order chi connectivity index (χ1) is 5.58. The molecule has 0 aliphatic heterocycles. The molecule has 0 spiro atoms. The Balaban J connectivity index is 0. The Labute approximate surface area is 113 Å². The Morgan fingerprint density at radius 2 is 1.64 bits per heavy atom. The molecule has 0 heterocycles. The summed E-state index contributed by atoms with van der Waals surface area (Å²) in [5.74, 6) is 0. The van der Waals surface area contributed by atoms with Gasteiger partial charge in [-0.25, -0.2) is 0 Å². The number of hydrogen-bond donors (Lipinski definition) is 0. The predicted octanol–water partition coefficient (Wildman–Crippen LogP) is 0.0269. The zero-order valence-electron chi connectivity index (χ0n) is 6.78. The van der Waals surface area contributed by atoms with E-state index in [4.69, 9.17) is 0 Å². The second-order valence-electron chi connectivity index (χ2n) is 2.21. The van der Waals surface area contributed by atoms with E-state index in [1.54, 1.807) is 30.3 Å². The van der Waals surface area contributed by atoms with Crippen molar-refractivity contribution in [2.75, 3.05) is 0 Å². The molecule has 7 heteroatoms. The van der Waals surface area contributed by atoms with E-state index in [2.05, 4.69) is 4.52 Å². The topological polar surface area (TPSA) is 72.4 Å². The smallest absolute Gasteiger partial charge is 0.790 e. The first-order valence-electron chi connectivity index (χ1n) is 3.28. The normalized spacial score (nSPS) is 9.86. The van der Waals surface area contributed by atoms with Gasteiger partial charge in [0.05, 0.1) is 14.4 Å². The van der Waals surface area contributed by atoms with Crippen LogP contribution in [0.2, 0.25) is 0 Å². The van der Waals surface area contributed by atoms with E-state index < -0.39 is 7.82 Å². The van der Waals surface area contributed by atoms with E-state index in [0.717, 1.165) is 0 Å². The van der Waals surface area contributed by atoms with Crippen LogP contribution >= 0.6 is 7.82 Å². The maximum absolute atomic E-state index is 10.1. The molecule has 0 atom stereocenters. The summed E-state index contributed by atoms with van der Waals surface area (Å²) in [6.45, 7) is -0.189. The minimum atomic E-state index is -4.83. The second-order valence-corrected chi connectivity index (χ2v) is 3.36. The van der Waals surface area contributed by atoms with Gasteiger partial charge in [0.15, 0.2) is 0 Å². The van der Waals surface area contributed by atoms with Gasteiger partial charge in [-0.2, -0.15) is 0 Å². The molecular formula is C7H7Ag2O4P. The van der Waals surface area contributed by atoms with Gasteiger partial charge in [-0.15, -0.1) is 0 Å². The molecule has 1 rings (SSSR count). The Bertz CT molecular complexity index is 287. The minimum Gasteiger partial charge on any atom is -0.790 e. The Morgan fingerprint density at radius 3 is 2.07 bits per heavy atom. The fourth-order valence-corrected chi connectivity index (χ4v) is 1.04. The molecule has 1 aromatic rings. The Hall–Kier alpha value is 0.811. The van der Waals surface area contributed by atoms with Gasteiger partial charge in [0.1, 0.15) is 0 Å². The van der Waals surface area contributed by atoms with E-state index in [0.29, 0.717) is 5.56 Å². The van der Waals surface area contributed by atoms with Crippen LogP contribution in [0.25, 0.3) is 0 Å². The van der Waals surface area contributed by atoms with Gasteiger partial charge in [-0.1, -0.05) is 30.3 Å². The molecule has 0 unspecified atom stereocenters. The molecule has 0 fully saturated rings. The van der Waals surface area contributed by atoms with Crippen molar-refractivity contribution in [1.82, 2.24) is 0 Å². The fraction of sp³-hybridized carbons (Fsp3) is 0.143. The molecule has 4 nitrogen and oxygen atoms in total. The fourth-order valence-electron chi connectivity index (χ4n) is 0.728. The van der Waals surface area contributed by atoms with Crippen molar-refractivity contribution in [1.29, 1.82) is 0 Å². The van der Waals surface area contributed by atoms with Gasteiger partial charge >= 0.3 is 44.8 Å². The van der Waals surface area contributed by atoms with Crippen LogP contribution in [0.15, 0.2) is 30.3 Å². The molecule has 0 aliphatic carbocycles. The number of rotatable bonds is 3. The van der Waals surface area contributed by atoms with Crippen molar-refractivity contribution in [3.63, 3.8) is 0 Å². The molecule has 0 bridgehead atoms. The van der Waals surface area contributed by atoms with E-state index in [1.807, 2.05) is 0 Å². The summed E-state index contributed by atoms with van der Waals surface area (Å²) >= 11 is 0. The van der Waals surface area contributed by atoms with Crippen molar-refractivity contribution in [3.8, 4) is 0 Å². The SMILES string of the molecule is O=P([O-])([O-])OCc1ccccc1.[Ag+].[Ag+]. The maximum Gasteiger partial charge on any atom is 1.00 e.